The van der Waals surface area contributed by atoms with Crippen molar-refractivity contribution in [2.24, 2.45) is 5.41 Å². The number of carbonyl (C=O) groups excluding carboxylic acids is 2. The van der Waals surface area contributed by atoms with Gasteiger partial charge in [-0.15, -0.1) is 0 Å². The lowest BCUT2D eigenvalue weighted by atomic mass is 9.72. The lowest BCUT2D eigenvalue weighted by molar-refractivity contribution is -0.138. The molecule has 0 radical (unpaired) electrons. The molecule has 2 saturated heterocycles. The Morgan fingerprint density at radius 3 is 2.62 bits per heavy atom. The quantitative estimate of drug-likeness (QED) is 0.892. The van der Waals surface area contributed by atoms with Crippen molar-refractivity contribution in [1.82, 2.24) is 9.80 Å². The topological polar surface area (TPSA) is 60.9 Å². The molecule has 3 rings (SSSR count). The molecule has 0 unspecified atom stereocenters. The maximum Gasteiger partial charge on any atom is 0.257 e. The Kier molecular flexibility index (Phi) is 4.72. The Morgan fingerprint density at radius 2 is 2.00 bits per heavy atom. The molecule has 1 aromatic rings. The number of piperidine rings is 2. The summed E-state index contributed by atoms with van der Waals surface area (Å²) in [6.45, 7) is 4.89. The van der Waals surface area contributed by atoms with E-state index in [1.54, 1.807) is 17.0 Å². The van der Waals surface area contributed by atoms with Crippen LogP contribution in [0, 0.1) is 5.41 Å². The fourth-order valence-corrected chi connectivity index (χ4v) is 4.01. The molecule has 2 amide bonds. The largest absolute Gasteiger partial charge is 0.507 e. The lowest BCUT2D eigenvalue weighted by Crippen LogP contribution is -2.52. The van der Waals surface area contributed by atoms with Crippen LogP contribution in [0.4, 0.5) is 0 Å². The molecule has 1 N–H and O–H groups in total. The van der Waals surface area contributed by atoms with E-state index in [1.165, 1.54) is 6.07 Å². The van der Waals surface area contributed by atoms with Gasteiger partial charge in [-0.2, -0.15) is 0 Å². The number of phenols is 1. The fourth-order valence-electron chi connectivity index (χ4n) is 3.84. The van der Waals surface area contributed by atoms with Gasteiger partial charge in [0.1, 0.15) is 5.75 Å². The number of amides is 2. The number of halogens is 1. The molecule has 2 aliphatic rings. The van der Waals surface area contributed by atoms with Crippen LogP contribution in [-0.4, -0.2) is 52.9 Å². The van der Waals surface area contributed by atoms with Crippen molar-refractivity contribution >= 4 is 23.4 Å². The standard InChI is InChI=1S/C18H23ClN2O3/c1-2-20-12-18(6-5-16(20)23)7-9-21(10-8-18)17(24)14-4-3-13(19)11-15(14)22/h3-4,11,22H,2,5-10,12H2,1H3. The van der Waals surface area contributed by atoms with Crippen LogP contribution in [0.3, 0.4) is 0 Å². The van der Waals surface area contributed by atoms with E-state index in [4.69, 9.17) is 11.6 Å². The summed E-state index contributed by atoms with van der Waals surface area (Å²) in [7, 11) is 0. The van der Waals surface area contributed by atoms with E-state index in [2.05, 4.69) is 0 Å². The van der Waals surface area contributed by atoms with Crippen molar-refractivity contribution in [3.63, 3.8) is 0 Å². The van der Waals surface area contributed by atoms with Crippen LogP contribution in [0.25, 0.3) is 0 Å². The third kappa shape index (κ3) is 3.22. The minimum absolute atomic E-state index is 0.0757. The van der Waals surface area contributed by atoms with Gasteiger partial charge in [0.2, 0.25) is 5.91 Å². The average molecular weight is 351 g/mol. The molecule has 0 atom stereocenters. The van der Waals surface area contributed by atoms with E-state index < -0.39 is 0 Å². The van der Waals surface area contributed by atoms with Gasteiger partial charge in [0.25, 0.3) is 5.91 Å². The molecule has 6 heteroatoms. The summed E-state index contributed by atoms with van der Waals surface area (Å²) in [6.07, 6.45) is 3.32. The highest BCUT2D eigenvalue weighted by atomic mass is 35.5. The first-order valence-electron chi connectivity index (χ1n) is 8.50. The van der Waals surface area contributed by atoms with Gasteiger partial charge in [-0.25, -0.2) is 0 Å². The van der Waals surface area contributed by atoms with Gasteiger partial charge in [0, 0.05) is 37.6 Å². The molecule has 0 aliphatic carbocycles. The summed E-state index contributed by atoms with van der Waals surface area (Å²) in [6, 6.07) is 4.58. The van der Waals surface area contributed by atoms with Crippen molar-refractivity contribution in [3.05, 3.63) is 28.8 Å². The van der Waals surface area contributed by atoms with Gasteiger partial charge in [-0.05, 0) is 49.8 Å². The third-order valence-electron chi connectivity index (χ3n) is 5.43. The van der Waals surface area contributed by atoms with Crippen LogP contribution in [0.2, 0.25) is 5.02 Å². The molecule has 0 aromatic heterocycles. The molecule has 5 nitrogen and oxygen atoms in total. The molecular weight excluding hydrogens is 328 g/mol. The summed E-state index contributed by atoms with van der Waals surface area (Å²) in [5.41, 5.74) is 0.437. The van der Waals surface area contributed by atoms with Gasteiger partial charge >= 0.3 is 0 Å². The molecule has 1 aromatic carbocycles. The zero-order valence-corrected chi connectivity index (χ0v) is 14.7. The smallest absolute Gasteiger partial charge is 0.257 e. The van der Waals surface area contributed by atoms with Crippen molar-refractivity contribution in [1.29, 1.82) is 0 Å². The SMILES string of the molecule is CCN1CC2(CCC1=O)CCN(C(=O)c1ccc(Cl)cc1O)CC2. The number of carbonyl (C=O) groups is 2. The second-order valence-corrected chi connectivity index (χ2v) is 7.30. The minimum atomic E-state index is -0.154. The maximum atomic E-state index is 12.6. The molecule has 0 bridgehead atoms. The van der Waals surface area contributed by atoms with Gasteiger partial charge in [0.15, 0.2) is 0 Å². The molecule has 2 aliphatic heterocycles. The Balaban J connectivity index is 1.66. The zero-order valence-electron chi connectivity index (χ0n) is 13.9. The van der Waals surface area contributed by atoms with E-state index in [9.17, 15) is 14.7 Å². The third-order valence-corrected chi connectivity index (χ3v) is 5.67. The van der Waals surface area contributed by atoms with Gasteiger partial charge in [0.05, 0.1) is 5.56 Å². The van der Waals surface area contributed by atoms with E-state index in [-0.39, 0.29) is 23.0 Å². The molecule has 0 saturated carbocycles. The first kappa shape index (κ1) is 17.1. The average Bonchev–Trinajstić information content (AvgIpc) is 2.57. The Bertz CT molecular complexity index is 654. The fraction of sp³-hybridized carbons (Fsp3) is 0.556. The molecule has 2 fully saturated rings. The number of hydrogen-bond acceptors (Lipinski definition) is 3. The van der Waals surface area contributed by atoms with Crippen molar-refractivity contribution in [2.45, 2.75) is 32.6 Å². The van der Waals surface area contributed by atoms with Crippen LogP contribution in [0.5, 0.6) is 5.75 Å². The van der Waals surface area contributed by atoms with Crippen LogP contribution >= 0.6 is 11.6 Å². The van der Waals surface area contributed by atoms with Crippen LogP contribution in [-0.2, 0) is 4.79 Å². The number of likely N-dealkylation sites (tertiary alicyclic amines) is 2. The molecule has 1 spiro atoms. The number of hydrogen-bond donors (Lipinski definition) is 1. The van der Waals surface area contributed by atoms with Gasteiger partial charge in [-0.3, -0.25) is 9.59 Å². The predicted molar refractivity (Wildman–Crippen MR) is 92.2 cm³/mol. The molecular formula is C18H23ClN2O3. The monoisotopic (exact) mass is 350 g/mol. The van der Waals surface area contributed by atoms with Crippen LogP contribution < -0.4 is 0 Å². The Labute approximate surface area is 147 Å². The number of aromatic hydroxyl groups is 1. The second kappa shape index (κ2) is 6.63. The molecule has 130 valence electrons. The van der Waals surface area contributed by atoms with E-state index >= 15 is 0 Å². The highest BCUT2D eigenvalue weighted by molar-refractivity contribution is 6.30. The van der Waals surface area contributed by atoms with Crippen LogP contribution in [0.15, 0.2) is 18.2 Å². The first-order chi connectivity index (χ1) is 11.4. The summed E-state index contributed by atoms with van der Waals surface area (Å²) in [4.78, 5) is 28.3. The Morgan fingerprint density at radius 1 is 1.29 bits per heavy atom. The van der Waals surface area contributed by atoms with Gasteiger partial charge < -0.3 is 14.9 Å². The van der Waals surface area contributed by atoms with E-state index in [0.29, 0.717) is 30.1 Å². The predicted octanol–water partition coefficient (Wildman–Crippen LogP) is 2.91. The zero-order chi connectivity index (χ0) is 17.3. The Hall–Kier alpha value is -1.75. The number of phenolic OH excluding ortho intramolecular Hbond substituents is 1. The number of nitrogens with zero attached hydrogens (tertiary/aromatic N) is 2. The van der Waals surface area contributed by atoms with Crippen molar-refractivity contribution in [2.75, 3.05) is 26.2 Å². The highest BCUT2D eigenvalue weighted by Gasteiger charge is 2.41. The van der Waals surface area contributed by atoms with E-state index in [1.807, 2.05) is 11.8 Å². The molecule has 2 heterocycles. The summed E-state index contributed by atoms with van der Waals surface area (Å²) in [5.74, 6) is 0.0131. The maximum absolute atomic E-state index is 12.6. The minimum Gasteiger partial charge on any atom is -0.507 e. The number of rotatable bonds is 2. The lowest BCUT2D eigenvalue weighted by Gasteiger charge is -2.47. The van der Waals surface area contributed by atoms with Crippen molar-refractivity contribution < 1.29 is 14.7 Å². The highest BCUT2D eigenvalue weighted by Crippen LogP contribution is 2.40. The molecule has 24 heavy (non-hydrogen) atoms. The normalized spacial score (nSPS) is 20.5. The van der Waals surface area contributed by atoms with Crippen molar-refractivity contribution in [3.8, 4) is 5.75 Å². The summed E-state index contributed by atoms with van der Waals surface area (Å²) >= 11 is 5.83. The van der Waals surface area contributed by atoms with Gasteiger partial charge in [-0.1, -0.05) is 11.6 Å². The van der Waals surface area contributed by atoms with E-state index in [0.717, 1.165) is 32.4 Å². The van der Waals surface area contributed by atoms with Crippen LogP contribution in [0.1, 0.15) is 43.0 Å². The summed E-state index contributed by atoms with van der Waals surface area (Å²) in [5, 5.41) is 10.4. The second-order valence-electron chi connectivity index (χ2n) is 6.86. The number of benzene rings is 1. The first-order valence-corrected chi connectivity index (χ1v) is 8.87. The summed E-state index contributed by atoms with van der Waals surface area (Å²) < 4.78 is 0.